The summed E-state index contributed by atoms with van der Waals surface area (Å²) in [4.78, 5) is 45.9. The van der Waals surface area contributed by atoms with Crippen LogP contribution >= 0.6 is 0 Å². The van der Waals surface area contributed by atoms with Crippen molar-refractivity contribution in [1.29, 1.82) is 0 Å². The fraction of sp³-hybridized carbons (Fsp3) is 0.333. The highest BCUT2D eigenvalue weighted by atomic mass is 16.5. The summed E-state index contributed by atoms with van der Waals surface area (Å²) in [5.74, 6) is -2.27. The van der Waals surface area contributed by atoms with Crippen molar-refractivity contribution in [2.75, 3.05) is 13.7 Å². The molecular weight excluding hydrogens is 302 g/mol. The van der Waals surface area contributed by atoms with Crippen LogP contribution in [0.4, 0.5) is 0 Å². The predicted molar refractivity (Wildman–Crippen MR) is 81.2 cm³/mol. The number of esters is 1. The fourth-order valence-corrected chi connectivity index (χ4v) is 1.75. The molecule has 0 heterocycles. The molecule has 0 aromatic heterocycles. The van der Waals surface area contributed by atoms with E-state index in [1.54, 1.807) is 30.3 Å². The van der Waals surface area contributed by atoms with Gasteiger partial charge in [-0.3, -0.25) is 19.2 Å². The molecule has 0 fully saturated rings. The van der Waals surface area contributed by atoms with E-state index in [1.807, 2.05) is 0 Å². The maximum absolute atomic E-state index is 11.8. The number of benzene rings is 1. The lowest BCUT2D eigenvalue weighted by Crippen LogP contribution is -2.48. The van der Waals surface area contributed by atoms with Gasteiger partial charge in [0.05, 0.1) is 13.7 Å². The van der Waals surface area contributed by atoms with E-state index in [0.717, 1.165) is 0 Å². The Bertz CT molecular complexity index is 574. The lowest BCUT2D eigenvalue weighted by molar-refractivity contribution is -0.141. The molecule has 8 heteroatoms. The van der Waals surface area contributed by atoms with Crippen molar-refractivity contribution < 1.29 is 23.9 Å². The Morgan fingerprint density at radius 3 is 2.39 bits per heavy atom. The summed E-state index contributed by atoms with van der Waals surface area (Å²) in [5, 5.41) is 4.79. The van der Waals surface area contributed by atoms with Crippen molar-refractivity contribution in [1.82, 2.24) is 10.6 Å². The van der Waals surface area contributed by atoms with E-state index in [0.29, 0.717) is 5.56 Å². The number of nitrogens with two attached hydrogens (primary N) is 1. The Labute approximate surface area is 133 Å². The van der Waals surface area contributed by atoms with Gasteiger partial charge >= 0.3 is 5.97 Å². The van der Waals surface area contributed by atoms with Crippen molar-refractivity contribution in [3.63, 3.8) is 0 Å². The highest BCUT2D eigenvalue weighted by Gasteiger charge is 2.19. The zero-order valence-electron chi connectivity index (χ0n) is 12.7. The van der Waals surface area contributed by atoms with Crippen molar-refractivity contribution in [2.24, 2.45) is 5.73 Å². The van der Waals surface area contributed by atoms with Crippen molar-refractivity contribution in [3.05, 3.63) is 35.9 Å². The molecule has 0 radical (unpaired) electrons. The Morgan fingerprint density at radius 2 is 1.83 bits per heavy atom. The topological polar surface area (TPSA) is 128 Å². The summed E-state index contributed by atoms with van der Waals surface area (Å²) >= 11 is 0. The number of amides is 3. The first-order valence-corrected chi connectivity index (χ1v) is 6.92. The average Bonchev–Trinajstić information content (AvgIpc) is 2.56. The second-order valence-corrected chi connectivity index (χ2v) is 4.69. The lowest BCUT2D eigenvalue weighted by atomic mass is 10.1. The summed E-state index contributed by atoms with van der Waals surface area (Å²) < 4.78 is 4.45. The first-order valence-electron chi connectivity index (χ1n) is 6.92. The number of rotatable bonds is 8. The molecule has 3 amide bonds. The average molecular weight is 321 g/mol. The molecule has 0 aliphatic heterocycles. The van der Waals surface area contributed by atoms with Crippen LogP contribution in [0.5, 0.6) is 0 Å². The molecule has 4 N–H and O–H groups in total. The standard InChI is InChI=1S/C15H19N3O5/c1-23-13(20)8-7-11(14(16)21)18-12(19)9-17-15(22)10-5-3-2-4-6-10/h2-6,11H,7-9H2,1H3,(H2,16,21)(H,17,22)(H,18,19)/t11-/m1/s1. The van der Waals surface area contributed by atoms with Crippen LogP contribution in [-0.2, 0) is 19.1 Å². The number of hydrogen-bond donors (Lipinski definition) is 3. The molecule has 0 aliphatic carbocycles. The zero-order valence-corrected chi connectivity index (χ0v) is 12.7. The number of ether oxygens (including phenoxy) is 1. The van der Waals surface area contributed by atoms with Gasteiger partial charge in [0.15, 0.2) is 0 Å². The monoisotopic (exact) mass is 321 g/mol. The van der Waals surface area contributed by atoms with Gasteiger partial charge in [0.25, 0.3) is 5.91 Å². The van der Waals surface area contributed by atoms with Crippen LogP contribution in [0.1, 0.15) is 23.2 Å². The zero-order chi connectivity index (χ0) is 17.2. The molecular formula is C15H19N3O5. The van der Waals surface area contributed by atoms with Gasteiger partial charge in [-0.25, -0.2) is 0 Å². The first kappa shape index (κ1) is 18.1. The van der Waals surface area contributed by atoms with Gasteiger partial charge in [-0.15, -0.1) is 0 Å². The molecule has 0 saturated carbocycles. The molecule has 1 rings (SSSR count). The Morgan fingerprint density at radius 1 is 1.17 bits per heavy atom. The smallest absolute Gasteiger partial charge is 0.305 e. The van der Waals surface area contributed by atoms with E-state index < -0.39 is 29.7 Å². The van der Waals surface area contributed by atoms with Gasteiger partial charge in [-0.2, -0.15) is 0 Å². The molecule has 8 nitrogen and oxygen atoms in total. The van der Waals surface area contributed by atoms with Gasteiger partial charge in [-0.1, -0.05) is 18.2 Å². The summed E-state index contributed by atoms with van der Waals surface area (Å²) in [5.41, 5.74) is 5.58. The predicted octanol–water partition coefficient (Wildman–Crippen LogP) is -0.660. The minimum absolute atomic E-state index is 0.0282. The highest BCUT2D eigenvalue weighted by Crippen LogP contribution is 1.99. The summed E-state index contributed by atoms with van der Waals surface area (Å²) in [7, 11) is 1.22. The summed E-state index contributed by atoms with van der Waals surface area (Å²) in [6.07, 6.45) is -0.0266. The van der Waals surface area contributed by atoms with E-state index in [-0.39, 0.29) is 19.4 Å². The van der Waals surface area contributed by atoms with Crippen molar-refractivity contribution in [3.8, 4) is 0 Å². The van der Waals surface area contributed by atoms with E-state index in [9.17, 15) is 19.2 Å². The SMILES string of the molecule is COC(=O)CC[C@@H](NC(=O)CNC(=O)c1ccccc1)C(N)=O. The number of carbonyl (C=O) groups is 4. The molecule has 23 heavy (non-hydrogen) atoms. The molecule has 0 unspecified atom stereocenters. The van der Waals surface area contributed by atoms with Gasteiger partial charge in [0.2, 0.25) is 11.8 Å². The third-order valence-corrected chi connectivity index (χ3v) is 2.99. The van der Waals surface area contributed by atoms with Crippen LogP contribution in [0.25, 0.3) is 0 Å². The van der Waals surface area contributed by atoms with Crippen LogP contribution in [0.2, 0.25) is 0 Å². The Kier molecular flexibility index (Phi) is 7.25. The Hall–Kier alpha value is -2.90. The first-order chi connectivity index (χ1) is 10.9. The van der Waals surface area contributed by atoms with Crippen molar-refractivity contribution >= 4 is 23.7 Å². The van der Waals surface area contributed by atoms with Crippen LogP contribution in [0.15, 0.2) is 30.3 Å². The largest absolute Gasteiger partial charge is 0.469 e. The number of carbonyl (C=O) groups excluding carboxylic acids is 4. The van der Waals surface area contributed by atoms with Crippen LogP contribution < -0.4 is 16.4 Å². The molecule has 1 aromatic carbocycles. The molecule has 1 atom stereocenters. The van der Waals surface area contributed by atoms with Crippen molar-refractivity contribution in [2.45, 2.75) is 18.9 Å². The lowest BCUT2D eigenvalue weighted by Gasteiger charge is -2.15. The van der Waals surface area contributed by atoms with Crippen LogP contribution in [0.3, 0.4) is 0 Å². The van der Waals surface area contributed by atoms with Gasteiger partial charge in [0.1, 0.15) is 6.04 Å². The van der Waals surface area contributed by atoms with E-state index in [4.69, 9.17) is 5.73 Å². The molecule has 0 spiro atoms. The maximum Gasteiger partial charge on any atom is 0.305 e. The number of hydrogen-bond acceptors (Lipinski definition) is 5. The minimum atomic E-state index is -1.00. The molecule has 0 aliphatic rings. The van der Waals surface area contributed by atoms with Gasteiger partial charge in [0, 0.05) is 12.0 Å². The molecule has 0 saturated heterocycles. The van der Waals surface area contributed by atoms with E-state index in [1.165, 1.54) is 7.11 Å². The molecule has 124 valence electrons. The quantitative estimate of drug-likeness (QED) is 0.548. The third-order valence-electron chi connectivity index (χ3n) is 2.99. The Balaban J connectivity index is 2.45. The fourth-order valence-electron chi connectivity index (χ4n) is 1.75. The third kappa shape index (κ3) is 6.60. The normalized spacial score (nSPS) is 11.2. The minimum Gasteiger partial charge on any atom is -0.469 e. The number of nitrogens with one attached hydrogen (secondary N) is 2. The van der Waals surface area contributed by atoms with Gasteiger partial charge < -0.3 is 21.1 Å². The number of methoxy groups -OCH3 is 1. The number of primary amides is 1. The molecule has 0 bridgehead atoms. The second-order valence-electron chi connectivity index (χ2n) is 4.69. The maximum atomic E-state index is 11.8. The summed E-state index contributed by atoms with van der Waals surface area (Å²) in [6.45, 7) is -0.310. The van der Waals surface area contributed by atoms with Gasteiger partial charge in [-0.05, 0) is 18.6 Å². The van der Waals surface area contributed by atoms with Crippen LogP contribution in [0, 0.1) is 0 Å². The van der Waals surface area contributed by atoms with E-state index in [2.05, 4.69) is 15.4 Å². The summed E-state index contributed by atoms with van der Waals surface area (Å²) in [6, 6.07) is 7.37. The second kappa shape index (κ2) is 9.19. The highest BCUT2D eigenvalue weighted by molar-refractivity contribution is 5.97. The van der Waals surface area contributed by atoms with E-state index >= 15 is 0 Å². The van der Waals surface area contributed by atoms with Crippen LogP contribution in [-0.4, -0.2) is 43.4 Å². The molecule has 1 aromatic rings.